The van der Waals surface area contributed by atoms with E-state index in [9.17, 15) is 21.6 Å². The van der Waals surface area contributed by atoms with Gasteiger partial charge in [-0.3, -0.25) is 4.99 Å². The predicted molar refractivity (Wildman–Crippen MR) is 132 cm³/mol. The minimum Gasteiger partial charge on any atom is -0.368 e. The Labute approximate surface area is 210 Å². The molecule has 0 amide bonds. The fourth-order valence-electron chi connectivity index (χ4n) is 4.47. The fourth-order valence-corrected chi connectivity index (χ4v) is 5.99. The van der Waals surface area contributed by atoms with Crippen LogP contribution in [0.3, 0.4) is 0 Å². The molecular formula is C24H30ClF3N4O2S. The van der Waals surface area contributed by atoms with Crippen LogP contribution in [0.1, 0.15) is 35.1 Å². The van der Waals surface area contributed by atoms with Crippen LogP contribution >= 0.6 is 12.4 Å². The van der Waals surface area contributed by atoms with Crippen molar-refractivity contribution in [3.05, 3.63) is 64.7 Å². The summed E-state index contributed by atoms with van der Waals surface area (Å²) in [5, 5.41) is 6.81. The third-order valence-corrected chi connectivity index (χ3v) is 8.63. The van der Waals surface area contributed by atoms with Crippen molar-refractivity contribution in [2.75, 3.05) is 26.2 Å². The molecule has 1 saturated heterocycles. The highest BCUT2D eigenvalue weighted by Crippen LogP contribution is 2.31. The lowest BCUT2D eigenvalue weighted by molar-refractivity contribution is -0.137. The zero-order valence-corrected chi connectivity index (χ0v) is 21.3. The van der Waals surface area contributed by atoms with Crippen molar-refractivity contribution in [3.8, 4) is 0 Å². The highest BCUT2D eigenvalue weighted by Gasteiger charge is 2.43. The average Bonchev–Trinajstić information content (AvgIpc) is 2.80. The zero-order valence-electron chi connectivity index (χ0n) is 19.7. The second-order valence-corrected chi connectivity index (χ2v) is 10.9. The predicted octanol–water partition coefficient (Wildman–Crippen LogP) is 4.06. The quantitative estimate of drug-likeness (QED) is 0.625. The number of rotatable bonds is 4. The molecule has 0 bridgehead atoms. The van der Waals surface area contributed by atoms with Crippen molar-refractivity contribution in [1.29, 1.82) is 0 Å². The van der Waals surface area contributed by atoms with Crippen LogP contribution in [0.25, 0.3) is 0 Å². The van der Waals surface area contributed by atoms with Crippen molar-refractivity contribution in [2.45, 2.75) is 49.8 Å². The summed E-state index contributed by atoms with van der Waals surface area (Å²) < 4.78 is 66.3. The molecule has 0 atom stereocenters. The van der Waals surface area contributed by atoms with Gasteiger partial charge in [0.05, 0.1) is 22.5 Å². The lowest BCUT2D eigenvalue weighted by Gasteiger charge is -2.44. The molecule has 11 heteroatoms. The van der Waals surface area contributed by atoms with Gasteiger partial charge in [-0.15, -0.1) is 12.4 Å². The smallest absolute Gasteiger partial charge is 0.368 e. The SMILES string of the molecule is Cc1ccc(S(=O)(=O)N2CCC3(CC2)NCCN=C3NCc2ccc(C(F)(F)F)cc2)cc1C.Cl. The highest BCUT2D eigenvalue weighted by atomic mass is 35.5. The monoisotopic (exact) mass is 530 g/mol. The normalized spacial score (nSPS) is 18.6. The van der Waals surface area contributed by atoms with E-state index < -0.39 is 27.3 Å². The summed E-state index contributed by atoms with van der Waals surface area (Å²) in [5.41, 5.74) is 1.54. The summed E-state index contributed by atoms with van der Waals surface area (Å²) in [6.45, 7) is 6.16. The molecule has 0 radical (unpaired) electrons. The molecule has 6 nitrogen and oxygen atoms in total. The maximum atomic E-state index is 13.2. The molecule has 0 unspecified atom stereocenters. The first-order valence-corrected chi connectivity index (χ1v) is 12.7. The number of benzene rings is 2. The van der Waals surface area contributed by atoms with Crippen LogP contribution in [-0.2, 0) is 22.7 Å². The molecule has 192 valence electrons. The zero-order chi connectivity index (χ0) is 24.6. The lowest BCUT2D eigenvalue weighted by atomic mass is 9.85. The van der Waals surface area contributed by atoms with E-state index in [0.717, 1.165) is 29.1 Å². The number of hydrogen-bond acceptors (Lipinski definition) is 5. The molecule has 2 heterocycles. The number of aryl methyl sites for hydroxylation is 2. The molecule has 0 aliphatic carbocycles. The maximum absolute atomic E-state index is 13.2. The van der Waals surface area contributed by atoms with Gasteiger partial charge < -0.3 is 10.6 Å². The third kappa shape index (κ3) is 5.82. The van der Waals surface area contributed by atoms with Crippen molar-refractivity contribution >= 4 is 28.3 Å². The number of nitrogens with zero attached hydrogens (tertiary/aromatic N) is 2. The van der Waals surface area contributed by atoms with Crippen LogP contribution in [0.15, 0.2) is 52.4 Å². The Morgan fingerprint density at radius 1 is 1.06 bits per heavy atom. The Hall–Kier alpha value is -2.14. The van der Waals surface area contributed by atoms with Gasteiger partial charge in [-0.2, -0.15) is 17.5 Å². The number of amidine groups is 1. The second kappa shape index (κ2) is 10.5. The number of halogens is 4. The third-order valence-electron chi connectivity index (χ3n) is 6.73. The number of alkyl halides is 3. The lowest BCUT2D eigenvalue weighted by Crippen LogP contribution is -2.64. The van der Waals surface area contributed by atoms with Gasteiger partial charge in [-0.05, 0) is 67.6 Å². The molecule has 2 N–H and O–H groups in total. The van der Waals surface area contributed by atoms with E-state index in [-0.39, 0.29) is 12.4 Å². The minimum absolute atomic E-state index is 0. The summed E-state index contributed by atoms with van der Waals surface area (Å²) in [4.78, 5) is 4.94. The van der Waals surface area contributed by atoms with Crippen molar-refractivity contribution in [2.24, 2.45) is 4.99 Å². The van der Waals surface area contributed by atoms with Crippen molar-refractivity contribution in [3.63, 3.8) is 0 Å². The summed E-state index contributed by atoms with van der Waals surface area (Å²) in [7, 11) is -3.59. The van der Waals surface area contributed by atoms with E-state index in [2.05, 4.69) is 15.6 Å². The van der Waals surface area contributed by atoms with Crippen molar-refractivity contribution in [1.82, 2.24) is 14.9 Å². The first kappa shape index (κ1) is 27.4. The number of aliphatic imine (C=N–C) groups is 1. The molecule has 35 heavy (non-hydrogen) atoms. The molecule has 2 aromatic carbocycles. The van der Waals surface area contributed by atoms with E-state index in [4.69, 9.17) is 0 Å². The molecule has 0 saturated carbocycles. The van der Waals surface area contributed by atoms with Gasteiger partial charge in [0.1, 0.15) is 5.84 Å². The highest BCUT2D eigenvalue weighted by molar-refractivity contribution is 7.89. The van der Waals surface area contributed by atoms with Gasteiger partial charge >= 0.3 is 6.18 Å². The van der Waals surface area contributed by atoms with Crippen LogP contribution in [0, 0.1) is 13.8 Å². The molecule has 2 aliphatic rings. The summed E-state index contributed by atoms with van der Waals surface area (Å²) >= 11 is 0. The Morgan fingerprint density at radius 3 is 2.31 bits per heavy atom. The van der Waals surface area contributed by atoms with Crippen LogP contribution in [0.4, 0.5) is 13.2 Å². The van der Waals surface area contributed by atoms with Crippen LogP contribution in [-0.4, -0.2) is 50.3 Å². The average molecular weight is 531 g/mol. The number of hydrogen-bond donors (Lipinski definition) is 2. The van der Waals surface area contributed by atoms with E-state index in [0.29, 0.717) is 56.0 Å². The first-order valence-electron chi connectivity index (χ1n) is 11.3. The van der Waals surface area contributed by atoms with Crippen LogP contribution in [0.5, 0.6) is 0 Å². The summed E-state index contributed by atoms with van der Waals surface area (Å²) in [6, 6.07) is 10.3. The van der Waals surface area contributed by atoms with E-state index in [1.165, 1.54) is 16.4 Å². The van der Waals surface area contributed by atoms with Crippen LogP contribution in [0.2, 0.25) is 0 Å². The summed E-state index contributed by atoms with van der Waals surface area (Å²) in [6.07, 6.45) is -3.26. The molecule has 4 rings (SSSR count). The molecule has 2 aliphatic heterocycles. The largest absolute Gasteiger partial charge is 0.416 e. The maximum Gasteiger partial charge on any atom is 0.416 e. The fraction of sp³-hybridized carbons (Fsp3) is 0.458. The summed E-state index contributed by atoms with van der Waals surface area (Å²) in [5.74, 6) is 0.738. The topological polar surface area (TPSA) is 73.8 Å². The van der Waals surface area contributed by atoms with Gasteiger partial charge in [0, 0.05) is 26.2 Å². The number of sulfonamides is 1. The van der Waals surface area contributed by atoms with Gasteiger partial charge in [-0.1, -0.05) is 18.2 Å². The molecule has 2 aromatic rings. The molecule has 0 aromatic heterocycles. The Balaban J connectivity index is 0.00000342. The van der Waals surface area contributed by atoms with Crippen molar-refractivity contribution < 1.29 is 21.6 Å². The number of nitrogens with one attached hydrogen (secondary N) is 2. The standard InChI is InChI=1S/C24H29F3N4O2S.ClH/c1-17-3-8-21(15-18(17)2)34(32,33)31-13-9-23(10-14-31)22(28-11-12-30-23)29-16-19-4-6-20(7-5-19)24(25,26)27;/h3-8,15,30H,9-14,16H2,1-2H3,(H,28,29);1H. The van der Waals surface area contributed by atoms with Gasteiger partial charge in [0.2, 0.25) is 10.0 Å². The Bertz CT molecular complexity index is 1180. The van der Waals surface area contributed by atoms with Gasteiger partial charge in [-0.25, -0.2) is 8.42 Å². The molecular weight excluding hydrogens is 501 g/mol. The van der Waals surface area contributed by atoms with E-state index in [1.807, 2.05) is 19.9 Å². The molecule has 1 spiro atoms. The molecule has 1 fully saturated rings. The van der Waals surface area contributed by atoms with E-state index in [1.54, 1.807) is 12.1 Å². The van der Waals surface area contributed by atoms with E-state index >= 15 is 0 Å². The second-order valence-electron chi connectivity index (χ2n) is 8.94. The first-order chi connectivity index (χ1) is 16.0. The Morgan fingerprint density at radius 2 is 1.71 bits per heavy atom. The van der Waals surface area contributed by atoms with Gasteiger partial charge in [0.25, 0.3) is 0 Å². The van der Waals surface area contributed by atoms with Crippen LogP contribution < -0.4 is 10.6 Å². The number of piperidine rings is 1. The Kier molecular flexibility index (Phi) is 8.20. The van der Waals surface area contributed by atoms with Gasteiger partial charge in [0.15, 0.2) is 0 Å². The minimum atomic E-state index is -4.36.